The van der Waals surface area contributed by atoms with Gasteiger partial charge in [0, 0.05) is 34.4 Å². The molecule has 2 aromatic rings. The van der Waals surface area contributed by atoms with Crippen LogP contribution in [-0.2, 0) is 9.53 Å². The van der Waals surface area contributed by atoms with Crippen LogP contribution >= 0.6 is 15.9 Å². The second kappa shape index (κ2) is 6.55. The summed E-state index contributed by atoms with van der Waals surface area (Å²) in [7, 11) is 0. The molecular formula is C23H21BrO2. The van der Waals surface area contributed by atoms with Crippen molar-refractivity contribution in [2.24, 2.45) is 5.41 Å². The molecule has 1 unspecified atom stereocenters. The first-order valence-corrected chi connectivity index (χ1v) is 9.69. The summed E-state index contributed by atoms with van der Waals surface area (Å²) in [5.41, 5.74) is 2.91. The zero-order chi connectivity index (χ0) is 18.3. The van der Waals surface area contributed by atoms with Crippen LogP contribution in [0.2, 0.25) is 0 Å². The fourth-order valence-electron chi connectivity index (χ4n) is 3.81. The fraction of sp³-hybridized carbons (Fsp3) is 0.261. The highest BCUT2D eigenvalue weighted by Crippen LogP contribution is 2.47. The van der Waals surface area contributed by atoms with Crippen molar-refractivity contribution < 1.29 is 9.53 Å². The van der Waals surface area contributed by atoms with E-state index in [2.05, 4.69) is 48.0 Å². The number of hydrogen-bond acceptors (Lipinski definition) is 2. The maximum atomic E-state index is 12.9. The van der Waals surface area contributed by atoms with Crippen LogP contribution in [0.5, 0.6) is 0 Å². The first-order chi connectivity index (χ1) is 12.4. The van der Waals surface area contributed by atoms with E-state index in [4.69, 9.17) is 4.74 Å². The number of allylic oxidation sites excluding steroid dienone is 3. The van der Waals surface area contributed by atoms with Gasteiger partial charge in [0.25, 0.3) is 0 Å². The molecule has 0 saturated heterocycles. The predicted octanol–water partition coefficient (Wildman–Crippen LogP) is 6.25. The summed E-state index contributed by atoms with van der Waals surface area (Å²) in [6, 6.07) is 18.3. The molecule has 4 rings (SSSR count). The standard InChI is InChI=1S/C23H21BrO2/c1-23(2)13-19(25)22-18(15-6-4-3-5-7-15)12-20(26-21(22)14-23)16-8-10-17(24)11-9-16/h3-12,18H,13-14H2,1-2H3. The van der Waals surface area contributed by atoms with E-state index in [0.29, 0.717) is 6.42 Å². The summed E-state index contributed by atoms with van der Waals surface area (Å²) in [4.78, 5) is 12.9. The van der Waals surface area contributed by atoms with Crippen molar-refractivity contribution >= 4 is 27.5 Å². The molecule has 0 saturated carbocycles. The molecule has 1 atom stereocenters. The third-order valence-corrected chi connectivity index (χ3v) is 5.56. The van der Waals surface area contributed by atoms with Crippen LogP contribution in [-0.4, -0.2) is 5.78 Å². The molecule has 2 aliphatic rings. The lowest BCUT2D eigenvalue weighted by molar-refractivity contribution is -0.118. The SMILES string of the molecule is CC1(C)CC(=O)C2=C(C1)OC(c1ccc(Br)cc1)=CC2c1ccccc1. The molecule has 1 aliphatic heterocycles. The number of carbonyl (C=O) groups excluding carboxylic acids is 1. The lowest BCUT2D eigenvalue weighted by atomic mass is 9.71. The molecule has 0 radical (unpaired) electrons. The van der Waals surface area contributed by atoms with E-state index >= 15 is 0 Å². The lowest BCUT2D eigenvalue weighted by Gasteiger charge is -2.37. The first-order valence-electron chi connectivity index (χ1n) is 8.90. The predicted molar refractivity (Wildman–Crippen MR) is 107 cm³/mol. The zero-order valence-electron chi connectivity index (χ0n) is 15.0. The number of halogens is 1. The molecule has 132 valence electrons. The Bertz CT molecular complexity index is 905. The molecule has 1 aliphatic carbocycles. The van der Waals surface area contributed by atoms with Crippen LogP contribution < -0.4 is 0 Å². The van der Waals surface area contributed by atoms with Crippen LogP contribution in [0.3, 0.4) is 0 Å². The second-order valence-electron chi connectivity index (χ2n) is 7.81. The molecule has 0 aromatic heterocycles. The number of ether oxygens (including phenoxy) is 1. The molecule has 26 heavy (non-hydrogen) atoms. The fourth-order valence-corrected chi connectivity index (χ4v) is 4.07. The van der Waals surface area contributed by atoms with Crippen LogP contribution in [0.15, 0.2) is 76.5 Å². The van der Waals surface area contributed by atoms with E-state index in [-0.39, 0.29) is 17.1 Å². The summed E-state index contributed by atoms with van der Waals surface area (Å²) in [5, 5.41) is 0. The van der Waals surface area contributed by atoms with Crippen molar-refractivity contribution in [3.05, 3.63) is 87.6 Å². The third-order valence-electron chi connectivity index (χ3n) is 5.03. The summed E-state index contributed by atoms with van der Waals surface area (Å²) in [6.07, 6.45) is 3.44. The quantitative estimate of drug-likeness (QED) is 0.586. The van der Waals surface area contributed by atoms with Gasteiger partial charge in [0.2, 0.25) is 0 Å². The summed E-state index contributed by atoms with van der Waals surface area (Å²) >= 11 is 3.48. The second-order valence-corrected chi connectivity index (χ2v) is 8.72. The van der Waals surface area contributed by atoms with Gasteiger partial charge in [0.05, 0.1) is 0 Å². The molecule has 0 spiro atoms. The summed E-state index contributed by atoms with van der Waals surface area (Å²) in [5.74, 6) is 1.81. The minimum absolute atomic E-state index is 0.0535. The van der Waals surface area contributed by atoms with E-state index in [0.717, 1.165) is 39.1 Å². The highest BCUT2D eigenvalue weighted by molar-refractivity contribution is 9.10. The van der Waals surface area contributed by atoms with E-state index in [1.807, 2.05) is 42.5 Å². The highest BCUT2D eigenvalue weighted by Gasteiger charge is 2.39. The number of rotatable bonds is 2. The summed E-state index contributed by atoms with van der Waals surface area (Å²) < 4.78 is 7.31. The van der Waals surface area contributed by atoms with Gasteiger partial charge in [-0.25, -0.2) is 0 Å². The monoisotopic (exact) mass is 408 g/mol. The van der Waals surface area contributed by atoms with Crippen LogP contribution in [0.25, 0.3) is 5.76 Å². The molecular weight excluding hydrogens is 388 g/mol. The Morgan fingerprint density at radius 3 is 2.38 bits per heavy atom. The lowest BCUT2D eigenvalue weighted by Crippen LogP contribution is -2.30. The van der Waals surface area contributed by atoms with Gasteiger partial charge in [-0.3, -0.25) is 4.79 Å². The highest BCUT2D eigenvalue weighted by atomic mass is 79.9. The van der Waals surface area contributed by atoms with Crippen LogP contribution in [0.1, 0.15) is 43.7 Å². The van der Waals surface area contributed by atoms with Crippen LogP contribution in [0, 0.1) is 5.41 Å². The van der Waals surface area contributed by atoms with Crippen molar-refractivity contribution in [2.75, 3.05) is 0 Å². The van der Waals surface area contributed by atoms with Gasteiger partial charge >= 0.3 is 0 Å². The normalized spacial score (nSPS) is 21.7. The van der Waals surface area contributed by atoms with Crippen LogP contribution in [0.4, 0.5) is 0 Å². The topological polar surface area (TPSA) is 26.3 Å². The third kappa shape index (κ3) is 3.28. The van der Waals surface area contributed by atoms with E-state index in [1.165, 1.54) is 0 Å². The Morgan fingerprint density at radius 2 is 1.69 bits per heavy atom. The minimum atomic E-state index is -0.0701. The van der Waals surface area contributed by atoms with Crippen molar-refractivity contribution in [1.29, 1.82) is 0 Å². The number of carbonyl (C=O) groups is 1. The summed E-state index contributed by atoms with van der Waals surface area (Å²) in [6.45, 7) is 4.26. The Labute approximate surface area is 162 Å². The average Bonchev–Trinajstić information content (AvgIpc) is 2.61. The van der Waals surface area contributed by atoms with Gasteiger partial charge in [0.1, 0.15) is 11.5 Å². The Hall–Kier alpha value is -2.13. The van der Waals surface area contributed by atoms with Gasteiger partial charge in [-0.15, -0.1) is 0 Å². The van der Waals surface area contributed by atoms with Crippen molar-refractivity contribution in [1.82, 2.24) is 0 Å². The molecule has 0 N–H and O–H groups in total. The molecule has 0 fully saturated rings. The zero-order valence-corrected chi connectivity index (χ0v) is 16.5. The Balaban J connectivity index is 1.82. The molecule has 0 bridgehead atoms. The van der Waals surface area contributed by atoms with Crippen molar-refractivity contribution in [2.45, 2.75) is 32.6 Å². The van der Waals surface area contributed by atoms with Crippen molar-refractivity contribution in [3.63, 3.8) is 0 Å². The molecule has 0 amide bonds. The number of hydrogen-bond donors (Lipinski definition) is 0. The Kier molecular flexibility index (Phi) is 4.36. The Morgan fingerprint density at radius 1 is 1.00 bits per heavy atom. The van der Waals surface area contributed by atoms with Crippen molar-refractivity contribution in [3.8, 4) is 0 Å². The van der Waals surface area contributed by atoms with Gasteiger partial charge < -0.3 is 4.74 Å². The molecule has 3 heteroatoms. The number of ketones is 1. The van der Waals surface area contributed by atoms with Gasteiger partial charge in [-0.1, -0.05) is 72.2 Å². The maximum Gasteiger partial charge on any atom is 0.163 e. The van der Waals surface area contributed by atoms with Gasteiger partial charge in [-0.05, 0) is 29.2 Å². The van der Waals surface area contributed by atoms with Gasteiger partial charge in [0.15, 0.2) is 5.78 Å². The minimum Gasteiger partial charge on any atom is -0.461 e. The van der Waals surface area contributed by atoms with E-state index < -0.39 is 0 Å². The molecule has 1 heterocycles. The number of benzene rings is 2. The maximum absolute atomic E-state index is 12.9. The first kappa shape index (κ1) is 17.3. The van der Waals surface area contributed by atoms with Gasteiger partial charge in [-0.2, -0.15) is 0 Å². The smallest absolute Gasteiger partial charge is 0.163 e. The largest absolute Gasteiger partial charge is 0.461 e. The number of Topliss-reactive ketones (excluding diaryl/α,β-unsaturated/α-hetero) is 1. The molecule has 2 nitrogen and oxygen atoms in total. The molecule has 2 aromatic carbocycles. The average molecular weight is 409 g/mol. The van der Waals surface area contributed by atoms with E-state index in [9.17, 15) is 4.79 Å². The van der Waals surface area contributed by atoms with E-state index in [1.54, 1.807) is 0 Å².